The molecule has 0 atom stereocenters. The number of aromatic nitrogens is 6. The maximum atomic E-state index is 13.1. The normalized spacial score (nSPS) is 12.5. The average Bonchev–Trinajstić information content (AvgIpc) is 2.83. The third-order valence-corrected chi connectivity index (χ3v) is 4.48. The van der Waals surface area contributed by atoms with Gasteiger partial charge >= 0.3 is 18.5 Å². The Kier molecular flexibility index (Phi) is 6.43. The van der Waals surface area contributed by atoms with Crippen LogP contribution in [0.3, 0.4) is 0 Å². The third kappa shape index (κ3) is 6.07. The van der Waals surface area contributed by atoms with Crippen LogP contribution >= 0.6 is 0 Å². The summed E-state index contributed by atoms with van der Waals surface area (Å²) < 4.78 is 118. The van der Waals surface area contributed by atoms with E-state index in [1.54, 1.807) is 0 Å². The quantitative estimate of drug-likeness (QED) is 0.314. The molecule has 4 rings (SSSR count). The van der Waals surface area contributed by atoms with Crippen LogP contribution in [0, 0.1) is 0 Å². The Morgan fingerprint density at radius 1 is 0.541 bits per heavy atom. The van der Waals surface area contributed by atoms with Gasteiger partial charge in [0.2, 0.25) is 5.95 Å². The zero-order chi connectivity index (χ0) is 27.0. The van der Waals surface area contributed by atoms with Gasteiger partial charge in [0.05, 0.1) is 0 Å². The Morgan fingerprint density at radius 2 is 1.03 bits per heavy atom. The standard InChI is InChI=1S/C21H10F9N7/c22-19(23,24)13-5-1-3-11(33-13)16-35-17(12-4-2-6-14(34-12)20(25,26)27)37-18(36-16)32-10-7-8-31-15(9-10)21(28,29)30/h1-9H,(H,31,32,35,36,37). The van der Waals surface area contributed by atoms with E-state index in [9.17, 15) is 39.5 Å². The number of rotatable bonds is 4. The second-order valence-electron chi connectivity index (χ2n) is 7.17. The van der Waals surface area contributed by atoms with Crippen LogP contribution in [0.15, 0.2) is 54.7 Å². The van der Waals surface area contributed by atoms with Crippen LogP contribution in [0.25, 0.3) is 23.0 Å². The van der Waals surface area contributed by atoms with Crippen molar-refractivity contribution in [3.05, 3.63) is 71.8 Å². The Hall–Kier alpha value is -4.37. The second kappa shape index (κ2) is 9.25. The van der Waals surface area contributed by atoms with Gasteiger partial charge in [-0.1, -0.05) is 12.1 Å². The average molecular weight is 531 g/mol. The van der Waals surface area contributed by atoms with E-state index in [2.05, 4.69) is 35.2 Å². The van der Waals surface area contributed by atoms with E-state index in [1.807, 2.05) is 0 Å². The van der Waals surface area contributed by atoms with Crippen LogP contribution in [-0.4, -0.2) is 29.9 Å². The molecule has 1 N–H and O–H groups in total. The highest BCUT2D eigenvalue weighted by Gasteiger charge is 2.34. The van der Waals surface area contributed by atoms with Gasteiger partial charge in [-0.3, -0.25) is 4.98 Å². The summed E-state index contributed by atoms with van der Waals surface area (Å²) in [7, 11) is 0. The lowest BCUT2D eigenvalue weighted by Crippen LogP contribution is -2.11. The lowest BCUT2D eigenvalue weighted by atomic mass is 10.2. The summed E-state index contributed by atoms with van der Waals surface area (Å²) >= 11 is 0. The Bertz CT molecular complexity index is 1360. The molecule has 192 valence electrons. The molecule has 16 heteroatoms. The predicted octanol–water partition coefficient (Wildman–Crippen LogP) is 6.19. The number of nitrogens with one attached hydrogen (secondary N) is 1. The highest BCUT2D eigenvalue weighted by molar-refractivity contribution is 5.62. The van der Waals surface area contributed by atoms with Crippen molar-refractivity contribution >= 4 is 11.6 Å². The topological polar surface area (TPSA) is 89.4 Å². The Balaban J connectivity index is 1.85. The molecule has 0 bridgehead atoms. The number of halogens is 9. The minimum Gasteiger partial charge on any atom is -0.324 e. The molecule has 7 nitrogen and oxygen atoms in total. The van der Waals surface area contributed by atoms with E-state index in [1.165, 1.54) is 0 Å². The highest BCUT2D eigenvalue weighted by atomic mass is 19.4. The van der Waals surface area contributed by atoms with Crippen LogP contribution in [-0.2, 0) is 18.5 Å². The van der Waals surface area contributed by atoms with Crippen molar-refractivity contribution in [2.24, 2.45) is 0 Å². The first-order chi connectivity index (χ1) is 17.2. The maximum absolute atomic E-state index is 13.1. The van der Waals surface area contributed by atoms with Crippen LogP contribution < -0.4 is 5.32 Å². The summed E-state index contributed by atoms with van der Waals surface area (Å²) in [5.74, 6) is -1.52. The molecule has 0 saturated heterocycles. The van der Waals surface area contributed by atoms with Crippen molar-refractivity contribution in [2.75, 3.05) is 5.32 Å². The molecule has 0 aromatic carbocycles. The fourth-order valence-electron chi connectivity index (χ4n) is 2.89. The van der Waals surface area contributed by atoms with Crippen LogP contribution in [0.1, 0.15) is 17.1 Å². The van der Waals surface area contributed by atoms with Crippen molar-refractivity contribution in [3.8, 4) is 23.0 Å². The van der Waals surface area contributed by atoms with Crippen molar-refractivity contribution in [2.45, 2.75) is 18.5 Å². The van der Waals surface area contributed by atoms with Gasteiger partial charge in [0.25, 0.3) is 0 Å². The highest BCUT2D eigenvalue weighted by Crippen LogP contribution is 2.32. The van der Waals surface area contributed by atoms with E-state index >= 15 is 0 Å². The van der Waals surface area contributed by atoms with Crippen LogP contribution in [0.2, 0.25) is 0 Å². The van der Waals surface area contributed by atoms with E-state index in [4.69, 9.17) is 0 Å². The number of hydrogen-bond acceptors (Lipinski definition) is 7. The van der Waals surface area contributed by atoms with E-state index in [0.717, 1.165) is 36.5 Å². The SMILES string of the molecule is FC(F)(F)c1cc(Nc2nc(-c3cccc(C(F)(F)F)n3)nc(-c3cccc(C(F)(F)F)n3)n2)ccn1. The van der Waals surface area contributed by atoms with Crippen LogP contribution in [0.5, 0.6) is 0 Å². The van der Waals surface area contributed by atoms with E-state index in [-0.39, 0.29) is 5.69 Å². The molecule has 4 heterocycles. The molecule has 0 saturated carbocycles. The maximum Gasteiger partial charge on any atom is 0.433 e. The molecule has 0 aliphatic rings. The van der Waals surface area contributed by atoms with Crippen molar-refractivity contribution in [1.29, 1.82) is 0 Å². The lowest BCUT2D eigenvalue weighted by molar-refractivity contribution is -0.141. The zero-order valence-electron chi connectivity index (χ0n) is 17.8. The largest absolute Gasteiger partial charge is 0.433 e. The molecule has 0 amide bonds. The minimum atomic E-state index is -4.83. The molecule has 0 unspecified atom stereocenters. The molecule has 0 aliphatic carbocycles. The molecular weight excluding hydrogens is 521 g/mol. The van der Waals surface area contributed by atoms with E-state index < -0.39 is 64.6 Å². The molecular formula is C21H10F9N7. The molecule has 4 aromatic heterocycles. The molecule has 0 fully saturated rings. The third-order valence-electron chi connectivity index (χ3n) is 4.48. The van der Waals surface area contributed by atoms with Gasteiger partial charge in [0.1, 0.15) is 28.5 Å². The molecule has 37 heavy (non-hydrogen) atoms. The number of nitrogens with zero attached hydrogens (tertiary/aromatic N) is 6. The second-order valence-corrected chi connectivity index (χ2v) is 7.17. The van der Waals surface area contributed by atoms with Crippen LogP contribution in [0.4, 0.5) is 51.1 Å². The number of hydrogen-bond donors (Lipinski definition) is 1. The molecule has 0 aliphatic heterocycles. The summed E-state index contributed by atoms with van der Waals surface area (Å²) in [5.41, 5.74) is -4.96. The van der Waals surface area contributed by atoms with Crippen molar-refractivity contribution in [1.82, 2.24) is 29.9 Å². The lowest BCUT2D eigenvalue weighted by Gasteiger charge is -2.12. The molecule has 0 radical (unpaired) electrons. The van der Waals surface area contributed by atoms with Gasteiger partial charge in [-0.15, -0.1) is 0 Å². The number of pyridine rings is 3. The summed E-state index contributed by atoms with van der Waals surface area (Å²) in [6, 6.07) is 7.28. The van der Waals surface area contributed by atoms with Gasteiger partial charge < -0.3 is 5.32 Å². The summed E-state index contributed by atoms with van der Waals surface area (Å²) in [6.45, 7) is 0. The minimum absolute atomic E-state index is 0.223. The molecule has 0 spiro atoms. The first kappa shape index (κ1) is 25.7. The van der Waals surface area contributed by atoms with Gasteiger partial charge in [-0.05, 0) is 36.4 Å². The fraction of sp³-hybridized carbons (Fsp3) is 0.143. The number of anilines is 2. The Morgan fingerprint density at radius 3 is 1.49 bits per heavy atom. The summed E-state index contributed by atoms with van der Waals surface area (Å²) in [4.78, 5) is 21.8. The zero-order valence-corrected chi connectivity index (χ0v) is 17.8. The Labute approximate surface area is 200 Å². The number of alkyl halides is 9. The van der Waals surface area contributed by atoms with Gasteiger partial charge in [0, 0.05) is 11.9 Å². The van der Waals surface area contributed by atoms with Crippen molar-refractivity contribution in [3.63, 3.8) is 0 Å². The van der Waals surface area contributed by atoms with Gasteiger partial charge in [-0.2, -0.15) is 49.5 Å². The fourth-order valence-corrected chi connectivity index (χ4v) is 2.89. The smallest absolute Gasteiger partial charge is 0.324 e. The first-order valence-electron chi connectivity index (χ1n) is 9.86. The first-order valence-corrected chi connectivity index (χ1v) is 9.86. The van der Waals surface area contributed by atoms with Crippen molar-refractivity contribution < 1.29 is 39.5 Å². The van der Waals surface area contributed by atoms with Gasteiger partial charge in [0.15, 0.2) is 11.6 Å². The van der Waals surface area contributed by atoms with E-state index in [0.29, 0.717) is 18.2 Å². The predicted molar refractivity (Wildman–Crippen MR) is 109 cm³/mol. The summed E-state index contributed by atoms with van der Waals surface area (Å²) in [6.07, 6.45) is -13.6. The monoisotopic (exact) mass is 531 g/mol. The molecule has 4 aromatic rings. The van der Waals surface area contributed by atoms with Gasteiger partial charge in [-0.25, -0.2) is 15.0 Å². The summed E-state index contributed by atoms with van der Waals surface area (Å²) in [5, 5.41) is 2.42.